The van der Waals surface area contributed by atoms with Gasteiger partial charge in [-0.05, 0) is 6.42 Å². The van der Waals surface area contributed by atoms with E-state index in [0.717, 1.165) is 0 Å². The number of hydrogen-bond donors (Lipinski definition) is 2. The molecule has 0 saturated carbocycles. The summed E-state index contributed by atoms with van der Waals surface area (Å²) < 4.78 is 0. The highest BCUT2D eigenvalue weighted by Crippen LogP contribution is 2.28. The van der Waals surface area contributed by atoms with Crippen LogP contribution in [0.2, 0.25) is 0 Å². The number of aliphatic hydroxyl groups excluding tert-OH is 1. The molecule has 1 fully saturated rings. The minimum absolute atomic E-state index is 0.132. The van der Waals surface area contributed by atoms with Gasteiger partial charge >= 0.3 is 5.97 Å². The van der Waals surface area contributed by atoms with E-state index in [-0.39, 0.29) is 17.8 Å². The molecular formula is C6H10O3S. The van der Waals surface area contributed by atoms with Crippen LogP contribution in [0, 0.1) is 0 Å². The van der Waals surface area contributed by atoms with Crippen LogP contribution in [-0.4, -0.2) is 33.3 Å². The first-order chi connectivity index (χ1) is 4.68. The van der Waals surface area contributed by atoms with Gasteiger partial charge in [0.1, 0.15) is 0 Å². The maximum Gasteiger partial charge on any atom is 0.304 e. The second kappa shape index (κ2) is 3.25. The molecule has 0 aliphatic carbocycles. The lowest BCUT2D eigenvalue weighted by Crippen LogP contribution is -2.09. The Morgan fingerprint density at radius 1 is 1.70 bits per heavy atom. The van der Waals surface area contributed by atoms with Gasteiger partial charge in [-0.3, -0.25) is 4.79 Å². The van der Waals surface area contributed by atoms with Gasteiger partial charge < -0.3 is 10.2 Å². The van der Waals surface area contributed by atoms with E-state index in [1.165, 1.54) is 0 Å². The van der Waals surface area contributed by atoms with Crippen LogP contribution in [0.5, 0.6) is 0 Å². The van der Waals surface area contributed by atoms with Crippen molar-refractivity contribution in [3.05, 3.63) is 0 Å². The lowest BCUT2D eigenvalue weighted by molar-refractivity contribution is -0.137. The summed E-state index contributed by atoms with van der Waals surface area (Å²) in [6.45, 7) is 0. The van der Waals surface area contributed by atoms with Gasteiger partial charge in [0.15, 0.2) is 0 Å². The van der Waals surface area contributed by atoms with Gasteiger partial charge in [-0.2, -0.15) is 11.8 Å². The highest BCUT2D eigenvalue weighted by Gasteiger charge is 2.24. The smallest absolute Gasteiger partial charge is 0.304 e. The second-order valence-electron chi connectivity index (χ2n) is 2.44. The number of aliphatic hydroxyl groups is 1. The lowest BCUT2D eigenvalue weighted by Gasteiger charge is -2.02. The van der Waals surface area contributed by atoms with Crippen molar-refractivity contribution < 1.29 is 15.0 Å². The van der Waals surface area contributed by atoms with Crippen LogP contribution in [0.4, 0.5) is 0 Å². The summed E-state index contributed by atoms with van der Waals surface area (Å²) >= 11 is 1.55. The van der Waals surface area contributed by atoms with E-state index < -0.39 is 5.97 Å². The SMILES string of the molecule is O=C(O)CC1C[C@H](O)CS1. The molecule has 1 rings (SSSR count). The molecule has 2 atom stereocenters. The van der Waals surface area contributed by atoms with Crippen LogP contribution >= 0.6 is 11.8 Å². The zero-order valence-corrected chi connectivity index (χ0v) is 6.30. The molecule has 58 valence electrons. The minimum atomic E-state index is -0.772. The Bertz CT molecular complexity index is 137. The van der Waals surface area contributed by atoms with Gasteiger partial charge in [-0.15, -0.1) is 0 Å². The summed E-state index contributed by atoms with van der Waals surface area (Å²) in [6.07, 6.45) is 0.535. The second-order valence-corrected chi connectivity index (χ2v) is 3.78. The third-order valence-corrected chi connectivity index (χ3v) is 2.87. The molecule has 1 aliphatic heterocycles. The summed E-state index contributed by atoms with van der Waals surface area (Å²) in [5.74, 6) is -0.0793. The van der Waals surface area contributed by atoms with E-state index >= 15 is 0 Å². The molecule has 0 radical (unpaired) electrons. The first kappa shape index (κ1) is 7.88. The van der Waals surface area contributed by atoms with Gasteiger partial charge in [0.05, 0.1) is 12.5 Å². The zero-order valence-electron chi connectivity index (χ0n) is 5.49. The number of aliphatic carboxylic acids is 1. The van der Waals surface area contributed by atoms with Crippen LogP contribution < -0.4 is 0 Å². The molecule has 1 heterocycles. The molecule has 4 heteroatoms. The van der Waals surface area contributed by atoms with Crippen molar-refractivity contribution in [3.8, 4) is 0 Å². The van der Waals surface area contributed by atoms with E-state index in [0.29, 0.717) is 12.2 Å². The number of hydrogen-bond acceptors (Lipinski definition) is 3. The summed E-state index contributed by atoms with van der Waals surface area (Å²) in [5.41, 5.74) is 0. The van der Waals surface area contributed by atoms with Crippen molar-refractivity contribution in [2.75, 3.05) is 5.75 Å². The number of carbonyl (C=O) groups is 1. The number of thioether (sulfide) groups is 1. The first-order valence-electron chi connectivity index (χ1n) is 3.20. The van der Waals surface area contributed by atoms with Crippen LogP contribution in [-0.2, 0) is 4.79 Å². The average molecular weight is 162 g/mol. The molecule has 1 unspecified atom stereocenters. The Balaban J connectivity index is 2.24. The van der Waals surface area contributed by atoms with Gasteiger partial charge in [0.2, 0.25) is 0 Å². The van der Waals surface area contributed by atoms with E-state index in [1.54, 1.807) is 11.8 Å². The molecule has 0 amide bonds. The fourth-order valence-corrected chi connectivity index (χ4v) is 2.27. The molecule has 0 aromatic heterocycles. The van der Waals surface area contributed by atoms with Crippen LogP contribution in [0.1, 0.15) is 12.8 Å². The predicted octanol–water partition coefficient (Wildman–Crippen LogP) is 0.328. The topological polar surface area (TPSA) is 57.5 Å². The molecule has 3 nitrogen and oxygen atoms in total. The Labute approximate surface area is 63.4 Å². The van der Waals surface area contributed by atoms with Crippen LogP contribution in [0.3, 0.4) is 0 Å². The van der Waals surface area contributed by atoms with Crippen LogP contribution in [0.15, 0.2) is 0 Å². The van der Waals surface area contributed by atoms with Gasteiger partial charge in [-0.25, -0.2) is 0 Å². The fraction of sp³-hybridized carbons (Fsp3) is 0.833. The normalized spacial score (nSPS) is 32.5. The molecular weight excluding hydrogens is 152 g/mol. The van der Waals surface area contributed by atoms with Crippen LogP contribution in [0.25, 0.3) is 0 Å². The van der Waals surface area contributed by atoms with Crippen molar-refractivity contribution in [2.24, 2.45) is 0 Å². The largest absolute Gasteiger partial charge is 0.481 e. The predicted molar refractivity (Wildman–Crippen MR) is 39.1 cm³/mol. The van der Waals surface area contributed by atoms with E-state index in [2.05, 4.69) is 0 Å². The summed E-state index contributed by atoms with van der Waals surface area (Å²) in [7, 11) is 0. The third-order valence-electron chi connectivity index (χ3n) is 1.46. The van der Waals surface area contributed by atoms with E-state index in [9.17, 15) is 4.79 Å². The first-order valence-corrected chi connectivity index (χ1v) is 4.25. The lowest BCUT2D eigenvalue weighted by atomic mass is 10.2. The average Bonchev–Trinajstić information content (AvgIpc) is 2.13. The van der Waals surface area contributed by atoms with Gasteiger partial charge in [-0.1, -0.05) is 0 Å². The minimum Gasteiger partial charge on any atom is -0.481 e. The molecule has 1 saturated heterocycles. The molecule has 10 heavy (non-hydrogen) atoms. The van der Waals surface area contributed by atoms with Crippen molar-refractivity contribution in [3.63, 3.8) is 0 Å². The molecule has 0 bridgehead atoms. The molecule has 1 aliphatic rings. The highest BCUT2D eigenvalue weighted by atomic mass is 32.2. The monoisotopic (exact) mass is 162 g/mol. The standard InChI is InChI=1S/C6H10O3S/c7-4-1-5(10-3-4)2-6(8)9/h4-5,7H,1-3H2,(H,8,9)/t4-,5?/m0/s1. The van der Waals surface area contributed by atoms with Crippen molar-refractivity contribution in [1.29, 1.82) is 0 Å². The number of rotatable bonds is 2. The maximum absolute atomic E-state index is 10.2. The third kappa shape index (κ3) is 2.19. The highest BCUT2D eigenvalue weighted by molar-refractivity contribution is 8.00. The molecule has 0 aromatic carbocycles. The van der Waals surface area contributed by atoms with Gasteiger partial charge in [0.25, 0.3) is 0 Å². The van der Waals surface area contributed by atoms with Crippen molar-refractivity contribution in [1.82, 2.24) is 0 Å². The molecule has 2 N–H and O–H groups in total. The molecule has 0 aromatic rings. The van der Waals surface area contributed by atoms with Gasteiger partial charge in [0, 0.05) is 11.0 Å². The van der Waals surface area contributed by atoms with E-state index in [4.69, 9.17) is 10.2 Å². The maximum atomic E-state index is 10.2. The Kier molecular flexibility index (Phi) is 2.56. The van der Waals surface area contributed by atoms with Crippen molar-refractivity contribution in [2.45, 2.75) is 24.2 Å². The number of carboxylic acids is 1. The fourth-order valence-electron chi connectivity index (χ4n) is 1.02. The summed E-state index contributed by atoms with van der Waals surface area (Å²) in [4.78, 5) is 10.2. The molecule has 0 spiro atoms. The zero-order chi connectivity index (χ0) is 7.56. The summed E-state index contributed by atoms with van der Waals surface area (Å²) in [5, 5.41) is 17.5. The summed E-state index contributed by atoms with van der Waals surface area (Å²) in [6, 6.07) is 0. The Morgan fingerprint density at radius 2 is 2.40 bits per heavy atom. The van der Waals surface area contributed by atoms with E-state index in [1.807, 2.05) is 0 Å². The Morgan fingerprint density at radius 3 is 2.80 bits per heavy atom. The Hall–Kier alpha value is -0.220. The van der Waals surface area contributed by atoms with Crippen molar-refractivity contribution >= 4 is 17.7 Å². The number of carboxylic acid groups (broad SMARTS) is 1. The quantitative estimate of drug-likeness (QED) is 0.614.